The summed E-state index contributed by atoms with van der Waals surface area (Å²) < 4.78 is 0. The van der Waals surface area contributed by atoms with E-state index in [1.54, 1.807) is 0 Å². The van der Waals surface area contributed by atoms with E-state index in [0.29, 0.717) is 23.4 Å². The number of ketones is 1. The normalized spacial score (nSPS) is 15.7. The van der Waals surface area contributed by atoms with E-state index < -0.39 is 0 Å². The Morgan fingerprint density at radius 2 is 1.94 bits per heavy atom. The number of benzene rings is 1. The summed E-state index contributed by atoms with van der Waals surface area (Å²) in [5.74, 6) is 2.99. The molecule has 1 aliphatic heterocycles. The van der Waals surface area contributed by atoms with Gasteiger partial charge in [0, 0.05) is 23.2 Å². The lowest BCUT2D eigenvalue weighted by atomic mass is 10.0. The van der Waals surface area contributed by atoms with E-state index in [0.717, 1.165) is 54.3 Å². The fraction of sp³-hybridized carbons (Fsp3) is 0.458. The third-order valence-corrected chi connectivity index (χ3v) is 6.21. The fourth-order valence-electron chi connectivity index (χ4n) is 3.32. The van der Waals surface area contributed by atoms with E-state index in [1.165, 1.54) is 17.3 Å². The molecule has 2 aliphatic rings. The first kappa shape index (κ1) is 21.7. The van der Waals surface area contributed by atoms with Crippen LogP contribution < -0.4 is 5.32 Å². The lowest BCUT2D eigenvalue weighted by molar-refractivity contribution is -0.121. The van der Waals surface area contributed by atoms with E-state index in [9.17, 15) is 4.79 Å². The summed E-state index contributed by atoms with van der Waals surface area (Å²) in [4.78, 5) is 31.6. The van der Waals surface area contributed by atoms with Gasteiger partial charge >= 0.3 is 0 Å². The van der Waals surface area contributed by atoms with Crippen molar-refractivity contribution in [2.75, 3.05) is 11.9 Å². The summed E-state index contributed by atoms with van der Waals surface area (Å²) in [7, 11) is 0. The van der Waals surface area contributed by atoms with Gasteiger partial charge in [-0.05, 0) is 60.4 Å². The third kappa shape index (κ3) is 6.00. The highest BCUT2D eigenvalue weighted by atomic mass is 32.2. The van der Waals surface area contributed by atoms with Gasteiger partial charge in [0.1, 0.15) is 17.4 Å². The molecule has 0 atom stereocenters. The van der Waals surface area contributed by atoms with Gasteiger partial charge in [0.2, 0.25) is 5.95 Å². The first-order valence-electron chi connectivity index (χ1n) is 11.1. The predicted octanol–water partition coefficient (Wildman–Crippen LogP) is 5.22. The Morgan fingerprint density at radius 3 is 2.61 bits per heavy atom. The lowest BCUT2D eigenvalue weighted by Crippen LogP contribution is -2.12. The van der Waals surface area contributed by atoms with Crippen molar-refractivity contribution in [1.29, 1.82) is 0 Å². The molecule has 0 spiro atoms. The molecular formula is C24H29N5OS. The molecule has 162 valence electrons. The topological polar surface area (TPSA) is 80.1 Å². The summed E-state index contributed by atoms with van der Waals surface area (Å²) in [5.41, 5.74) is 2.38. The van der Waals surface area contributed by atoms with E-state index >= 15 is 0 Å². The highest BCUT2D eigenvalue weighted by Gasteiger charge is 2.28. The number of Topliss-reactive ketones (excluding diaryl/α,β-unsaturated/α-hetero) is 1. The van der Waals surface area contributed by atoms with Crippen molar-refractivity contribution in [1.82, 2.24) is 15.0 Å². The van der Waals surface area contributed by atoms with Crippen LogP contribution in [0.2, 0.25) is 0 Å². The van der Waals surface area contributed by atoms with Gasteiger partial charge in [-0.15, -0.1) is 0 Å². The number of nitrogens with one attached hydrogen (secondary N) is 1. The number of hydrogen-bond donors (Lipinski definition) is 1. The first-order valence-corrected chi connectivity index (χ1v) is 11.9. The zero-order valence-corrected chi connectivity index (χ0v) is 19.2. The number of rotatable bonds is 9. The van der Waals surface area contributed by atoms with Gasteiger partial charge in [-0.3, -0.25) is 9.79 Å². The average Bonchev–Trinajstić information content (AvgIpc) is 3.51. The summed E-state index contributed by atoms with van der Waals surface area (Å²) >= 11 is 1.52. The molecule has 2 heterocycles. The van der Waals surface area contributed by atoms with Crippen LogP contribution in [-0.4, -0.2) is 33.1 Å². The number of carbonyl (C=O) groups is 1. The second-order valence-electron chi connectivity index (χ2n) is 8.50. The van der Waals surface area contributed by atoms with Gasteiger partial charge in [0.05, 0.1) is 6.54 Å². The van der Waals surface area contributed by atoms with E-state index in [-0.39, 0.29) is 11.7 Å². The molecule has 0 radical (unpaired) electrons. The maximum absolute atomic E-state index is 12.0. The second kappa shape index (κ2) is 9.73. The van der Waals surface area contributed by atoms with Gasteiger partial charge in [0.25, 0.3) is 0 Å². The Morgan fingerprint density at radius 1 is 1.16 bits per heavy atom. The van der Waals surface area contributed by atoms with Crippen molar-refractivity contribution in [2.45, 2.75) is 68.8 Å². The zero-order valence-electron chi connectivity index (χ0n) is 18.4. The molecule has 1 aromatic heterocycles. The number of anilines is 1. The largest absolute Gasteiger partial charge is 0.309 e. The minimum absolute atomic E-state index is 0.0587. The molecule has 1 saturated carbocycles. The lowest BCUT2D eigenvalue weighted by Gasteiger charge is -2.08. The number of nitrogens with zero attached hydrogens (tertiary/aromatic N) is 4. The number of carbonyl (C=O) groups excluding carboxylic acids is 1. The fourth-order valence-corrected chi connectivity index (χ4v) is 4.07. The van der Waals surface area contributed by atoms with Crippen molar-refractivity contribution >= 4 is 29.3 Å². The third-order valence-electron chi connectivity index (χ3n) is 5.33. The van der Waals surface area contributed by atoms with Crippen LogP contribution >= 0.6 is 11.8 Å². The van der Waals surface area contributed by atoms with Gasteiger partial charge < -0.3 is 5.32 Å². The standard InChI is InChI=1S/C24H29N5OS/c1-4-5-17-13-21(25-14-17)26-23-27-22(18-8-9-18)28-24(29-23)31-19-10-6-16(7-11-19)12-20(30)15(2)3/h6-7,10-11,13,15,18H,4-5,8-9,12,14H2,1-3H3,(H,25,26,27,28,29). The van der Waals surface area contributed by atoms with Gasteiger partial charge in [-0.25, -0.2) is 4.98 Å². The SMILES string of the molecule is CCCC1=CC(Nc2nc(Sc3ccc(CC(=O)C(C)C)cc3)nc(C3CC3)n2)=NC1. The molecule has 0 unspecified atom stereocenters. The van der Waals surface area contributed by atoms with Crippen LogP contribution in [0.25, 0.3) is 0 Å². The van der Waals surface area contributed by atoms with E-state index in [4.69, 9.17) is 4.98 Å². The van der Waals surface area contributed by atoms with Crippen LogP contribution in [0.3, 0.4) is 0 Å². The molecule has 0 saturated heterocycles. The molecule has 6 nitrogen and oxygen atoms in total. The van der Waals surface area contributed by atoms with Crippen molar-refractivity contribution in [3.63, 3.8) is 0 Å². The molecular weight excluding hydrogens is 406 g/mol. The van der Waals surface area contributed by atoms with Crippen molar-refractivity contribution in [2.24, 2.45) is 10.9 Å². The Kier molecular flexibility index (Phi) is 6.80. The number of amidine groups is 1. The maximum atomic E-state index is 12.0. The molecule has 1 aromatic carbocycles. The first-order chi connectivity index (χ1) is 15.0. The van der Waals surface area contributed by atoms with Crippen LogP contribution in [0.15, 0.2) is 51.0 Å². The minimum Gasteiger partial charge on any atom is -0.309 e. The summed E-state index contributed by atoms with van der Waals surface area (Å²) in [6.45, 7) is 6.81. The van der Waals surface area contributed by atoms with E-state index in [1.807, 2.05) is 38.1 Å². The summed E-state index contributed by atoms with van der Waals surface area (Å²) in [5, 5.41) is 3.96. The molecule has 0 bridgehead atoms. The van der Waals surface area contributed by atoms with Crippen molar-refractivity contribution < 1.29 is 4.79 Å². The van der Waals surface area contributed by atoms with Gasteiger partial charge in [0.15, 0.2) is 5.16 Å². The number of hydrogen-bond acceptors (Lipinski definition) is 7. The minimum atomic E-state index is 0.0587. The van der Waals surface area contributed by atoms with Crippen LogP contribution in [0, 0.1) is 5.92 Å². The Labute approximate surface area is 188 Å². The molecule has 0 amide bonds. The Balaban J connectivity index is 1.47. The highest BCUT2D eigenvalue weighted by molar-refractivity contribution is 7.99. The Hall–Kier alpha value is -2.54. The maximum Gasteiger partial charge on any atom is 0.232 e. The predicted molar refractivity (Wildman–Crippen MR) is 125 cm³/mol. The molecule has 1 N–H and O–H groups in total. The van der Waals surface area contributed by atoms with Gasteiger partial charge in [-0.2, -0.15) is 9.97 Å². The molecule has 31 heavy (non-hydrogen) atoms. The van der Waals surface area contributed by atoms with Crippen LogP contribution in [0.4, 0.5) is 5.95 Å². The number of aromatic nitrogens is 3. The van der Waals surface area contributed by atoms with Crippen LogP contribution in [-0.2, 0) is 11.2 Å². The number of aliphatic imine (C=N–C) groups is 1. The molecule has 7 heteroatoms. The second-order valence-corrected chi connectivity index (χ2v) is 9.54. The molecule has 4 rings (SSSR count). The summed E-state index contributed by atoms with van der Waals surface area (Å²) in [6, 6.07) is 8.08. The van der Waals surface area contributed by atoms with Crippen LogP contribution in [0.5, 0.6) is 0 Å². The van der Waals surface area contributed by atoms with E-state index in [2.05, 4.69) is 33.3 Å². The summed E-state index contributed by atoms with van der Waals surface area (Å²) in [6.07, 6.45) is 7.04. The van der Waals surface area contributed by atoms with Crippen molar-refractivity contribution in [3.8, 4) is 0 Å². The molecule has 1 aliphatic carbocycles. The monoisotopic (exact) mass is 435 g/mol. The molecule has 2 aromatic rings. The zero-order chi connectivity index (χ0) is 21.8. The average molecular weight is 436 g/mol. The molecule has 1 fully saturated rings. The quantitative estimate of drug-likeness (QED) is 0.582. The van der Waals surface area contributed by atoms with Crippen LogP contribution in [0.1, 0.15) is 63.8 Å². The smallest absolute Gasteiger partial charge is 0.232 e. The highest BCUT2D eigenvalue weighted by Crippen LogP contribution is 2.39. The van der Waals surface area contributed by atoms with Crippen molar-refractivity contribution in [3.05, 3.63) is 47.3 Å². The Bertz CT molecular complexity index is 1010. The van der Waals surface area contributed by atoms with Gasteiger partial charge in [-0.1, -0.05) is 39.3 Å².